The molecule has 0 aliphatic carbocycles. The summed E-state index contributed by atoms with van der Waals surface area (Å²) < 4.78 is 0. The number of nitrogens with one attached hydrogen (secondary N) is 1. The van der Waals surface area contributed by atoms with Gasteiger partial charge < -0.3 is 10.8 Å². The SMILES string of the molecule is N[C@H](C(=O)O)c1ccc(-c2nn[nH]n2)cc1. The number of benzene rings is 1. The van der Waals surface area contributed by atoms with Crippen LogP contribution in [-0.4, -0.2) is 31.7 Å². The van der Waals surface area contributed by atoms with Crippen LogP contribution in [0.2, 0.25) is 0 Å². The molecule has 0 saturated heterocycles. The maximum absolute atomic E-state index is 10.6. The van der Waals surface area contributed by atoms with Crippen LogP contribution in [-0.2, 0) is 4.79 Å². The molecule has 2 rings (SSSR count). The number of tetrazole rings is 1. The van der Waals surface area contributed by atoms with E-state index in [1.54, 1.807) is 24.3 Å². The third-order valence-electron chi connectivity index (χ3n) is 2.14. The lowest BCUT2D eigenvalue weighted by atomic mass is 10.1. The lowest BCUT2D eigenvalue weighted by molar-refractivity contribution is -0.138. The number of nitrogens with zero attached hydrogens (tertiary/aromatic N) is 3. The van der Waals surface area contributed by atoms with E-state index in [9.17, 15) is 4.79 Å². The molecule has 0 unspecified atom stereocenters. The number of aromatic amines is 1. The second kappa shape index (κ2) is 4.07. The average Bonchev–Trinajstić information content (AvgIpc) is 2.81. The predicted octanol–water partition coefficient (Wildman–Crippen LogP) is -0.0489. The fraction of sp³-hybridized carbons (Fsp3) is 0.111. The van der Waals surface area contributed by atoms with Crippen molar-refractivity contribution in [2.75, 3.05) is 0 Å². The highest BCUT2D eigenvalue weighted by molar-refractivity contribution is 5.75. The molecule has 7 nitrogen and oxygen atoms in total. The van der Waals surface area contributed by atoms with E-state index in [0.29, 0.717) is 11.4 Å². The Hall–Kier alpha value is -2.28. The molecule has 2 aromatic rings. The standard InChI is InChI=1S/C9H9N5O2/c10-7(9(15)16)5-1-3-6(4-2-5)8-11-13-14-12-8/h1-4,7H,10H2,(H,15,16)(H,11,12,13,14)/t7-/m0/s1. The van der Waals surface area contributed by atoms with Crippen molar-refractivity contribution in [3.63, 3.8) is 0 Å². The van der Waals surface area contributed by atoms with Crippen molar-refractivity contribution in [1.29, 1.82) is 0 Å². The number of carboxylic acids is 1. The minimum Gasteiger partial charge on any atom is -0.480 e. The van der Waals surface area contributed by atoms with Crippen molar-refractivity contribution in [3.05, 3.63) is 29.8 Å². The van der Waals surface area contributed by atoms with Gasteiger partial charge in [0.25, 0.3) is 0 Å². The van der Waals surface area contributed by atoms with Crippen LogP contribution in [0, 0.1) is 0 Å². The number of hydrogen-bond donors (Lipinski definition) is 3. The highest BCUT2D eigenvalue weighted by Gasteiger charge is 2.14. The van der Waals surface area contributed by atoms with Gasteiger partial charge in [0.2, 0.25) is 5.82 Å². The van der Waals surface area contributed by atoms with E-state index >= 15 is 0 Å². The van der Waals surface area contributed by atoms with Gasteiger partial charge >= 0.3 is 5.97 Å². The van der Waals surface area contributed by atoms with Crippen LogP contribution in [0.4, 0.5) is 0 Å². The monoisotopic (exact) mass is 219 g/mol. The normalized spacial score (nSPS) is 12.3. The summed E-state index contributed by atoms with van der Waals surface area (Å²) in [7, 11) is 0. The van der Waals surface area contributed by atoms with Crippen molar-refractivity contribution >= 4 is 5.97 Å². The summed E-state index contributed by atoms with van der Waals surface area (Å²) in [4.78, 5) is 10.6. The molecule has 0 fully saturated rings. The van der Waals surface area contributed by atoms with Gasteiger partial charge in [-0.05, 0) is 10.8 Å². The van der Waals surface area contributed by atoms with E-state index in [1.165, 1.54) is 0 Å². The van der Waals surface area contributed by atoms with Gasteiger partial charge in [0.1, 0.15) is 6.04 Å². The first-order chi connectivity index (χ1) is 7.68. The average molecular weight is 219 g/mol. The molecule has 0 aliphatic rings. The van der Waals surface area contributed by atoms with E-state index in [0.717, 1.165) is 5.56 Å². The molecular formula is C9H9N5O2. The molecule has 7 heteroatoms. The Morgan fingerprint density at radius 2 is 2.06 bits per heavy atom. The van der Waals surface area contributed by atoms with Crippen LogP contribution in [0.5, 0.6) is 0 Å². The zero-order chi connectivity index (χ0) is 11.5. The smallest absolute Gasteiger partial charge is 0.325 e. The van der Waals surface area contributed by atoms with Crippen LogP contribution in [0.3, 0.4) is 0 Å². The molecule has 0 spiro atoms. The molecule has 0 saturated carbocycles. The van der Waals surface area contributed by atoms with Gasteiger partial charge in [0.15, 0.2) is 0 Å². The fourth-order valence-corrected chi connectivity index (χ4v) is 1.27. The molecule has 0 radical (unpaired) electrons. The van der Waals surface area contributed by atoms with Crippen LogP contribution in [0.25, 0.3) is 11.4 Å². The summed E-state index contributed by atoms with van der Waals surface area (Å²) in [6, 6.07) is 5.64. The minimum atomic E-state index is -1.06. The number of carbonyl (C=O) groups is 1. The second-order valence-corrected chi connectivity index (χ2v) is 3.17. The van der Waals surface area contributed by atoms with Crippen LogP contribution < -0.4 is 5.73 Å². The van der Waals surface area contributed by atoms with E-state index < -0.39 is 12.0 Å². The molecule has 0 amide bonds. The Bertz CT molecular complexity index is 479. The lowest BCUT2D eigenvalue weighted by Crippen LogP contribution is -2.20. The molecule has 4 N–H and O–H groups in total. The Labute approximate surface area is 90.3 Å². The van der Waals surface area contributed by atoms with Crippen LogP contribution >= 0.6 is 0 Å². The highest BCUT2D eigenvalue weighted by atomic mass is 16.4. The van der Waals surface area contributed by atoms with Crippen molar-refractivity contribution < 1.29 is 9.90 Å². The van der Waals surface area contributed by atoms with Gasteiger partial charge in [-0.1, -0.05) is 24.3 Å². The predicted molar refractivity (Wildman–Crippen MR) is 54.2 cm³/mol. The van der Waals surface area contributed by atoms with Crippen LogP contribution in [0.1, 0.15) is 11.6 Å². The third-order valence-corrected chi connectivity index (χ3v) is 2.14. The lowest BCUT2D eigenvalue weighted by Gasteiger charge is -2.06. The summed E-state index contributed by atoms with van der Waals surface area (Å²) in [6.07, 6.45) is 0. The molecule has 1 heterocycles. The molecule has 82 valence electrons. The van der Waals surface area contributed by atoms with E-state index in [1.807, 2.05) is 0 Å². The van der Waals surface area contributed by atoms with Crippen molar-refractivity contribution in [2.24, 2.45) is 5.73 Å². The Balaban J connectivity index is 2.26. The number of hydrogen-bond acceptors (Lipinski definition) is 5. The summed E-state index contributed by atoms with van der Waals surface area (Å²) in [6.45, 7) is 0. The van der Waals surface area contributed by atoms with Crippen molar-refractivity contribution in [3.8, 4) is 11.4 Å². The first-order valence-electron chi connectivity index (χ1n) is 4.50. The number of aromatic nitrogens is 4. The number of rotatable bonds is 3. The summed E-state index contributed by atoms with van der Waals surface area (Å²) >= 11 is 0. The quantitative estimate of drug-likeness (QED) is 0.666. The van der Waals surface area contributed by atoms with Crippen LogP contribution in [0.15, 0.2) is 24.3 Å². The zero-order valence-electron chi connectivity index (χ0n) is 8.16. The molecule has 16 heavy (non-hydrogen) atoms. The van der Waals surface area contributed by atoms with E-state index in [4.69, 9.17) is 10.8 Å². The topological polar surface area (TPSA) is 118 Å². The maximum Gasteiger partial charge on any atom is 0.325 e. The summed E-state index contributed by atoms with van der Waals surface area (Å²) in [5, 5.41) is 22.1. The zero-order valence-corrected chi connectivity index (χ0v) is 8.16. The number of nitrogens with two attached hydrogens (primary N) is 1. The largest absolute Gasteiger partial charge is 0.480 e. The van der Waals surface area contributed by atoms with Crippen molar-refractivity contribution in [1.82, 2.24) is 20.6 Å². The minimum absolute atomic E-state index is 0.454. The molecule has 1 aromatic carbocycles. The number of carboxylic acid groups (broad SMARTS) is 1. The molecule has 0 bridgehead atoms. The van der Waals surface area contributed by atoms with Gasteiger partial charge in [0, 0.05) is 5.56 Å². The molecule has 1 aromatic heterocycles. The number of aliphatic carboxylic acids is 1. The van der Waals surface area contributed by atoms with Gasteiger partial charge in [0.05, 0.1) is 0 Å². The summed E-state index contributed by atoms with van der Waals surface area (Å²) in [5.74, 6) is -0.609. The van der Waals surface area contributed by atoms with E-state index in [-0.39, 0.29) is 0 Å². The van der Waals surface area contributed by atoms with E-state index in [2.05, 4.69) is 20.6 Å². The van der Waals surface area contributed by atoms with Gasteiger partial charge in [-0.25, -0.2) is 0 Å². The molecule has 0 aliphatic heterocycles. The second-order valence-electron chi connectivity index (χ2n) is 3.17. The Kier molecular flexibility index (Phi) is 2.61. The summed E-state index contributed by atoms with van der Waals surface area (Å²) in [5.41, 5.74) is 6.73. The Morgan fingerprint density at radius 3 is 2.56 bits per heavy atom. The van der Waals surface area contributed by atoms with Gasteiger partial charge in [-0.15, -0.1) is 10.2 Å². The number of H-pyrrole nitrogens is 1. The fourth-order valence-electron chi connectivity index (χ4n) is 1.27. The third kappa shape index (κ3) is 1.89. The van der Waals surface area contributed by atoms with Gasteiger partial charge in [-0.2, -0.15) is 5.21 Å². The Morgan fingerprint density at radius 1 is 1.38 bits per heavy atom. The molecule has 1 atom stereocenters. The highest BCUT2D eigenvalue weighted by Crippen LogP contribution is 2.17. The maximum atomic E-state index is 10.6. The first-order valence-corrected chi connectivity index (χ1v) is 4.50. The molecular weight excluding hydrogens is 210 g/mol. The van der Waals surface area contributed by atoms with Crippen molar-refractivity contribution in [2.45, 2.75) is 6.04 Å². The first kappa shape index (κ1) is 10.2. The van der Waals surface area contributed by atoms with Gasteiger partial charge in [-0.3, -0.25) is 4.79 Å².